The molecule has 180 valence electrons. The number of phenolic OH excluding ortho intramolecular Hbond substituents is 1. The Labute approximate surface area is 203 Å². The van der Waals surface area contributed by atoms with Gasteiger partial charge in [-0.2, -0.15) is 0 Å². The third-order valence-electron chi connectivity index (χ3n) is 5.96. The molecule has 1 amide bonds. The lowest BCUT2D eigenvalue weighted by molar-refractivity contribution is -0.115. The number of ether oxygens (including phenoxy) is 3. The van der Waals surface area contributed by atoms with Crippen LogP contribution >= 0.6 is 0 Å². The van der Waals surface area contributed by atoms with E-state index in [1.165, 1.54) is 26.4 Å². The quantitative estimate of drug-likeness (QED) is 0.444. The maximum atomic E-state index is 14.2. The molecule has 1 aliphatic carbocycles. The van der Waals surface area contributed by atoms with Crippen LogP contribution in [0.15, 0.2) is 60.2 Å². The van der Waals surface area contributed by atoms with E-state index in [0.717, 1.165) is 27.8 Å². The summed E-state index contributed by atoms with van der Waals surface area (Å²) in [7, 11) is 4.48. The molecule has 4 rings (SSSR count). The van der Waals surface area contributed by atoms with E-state index in [-0.39, 0.29) is 35.4 Å². The predicted octanol–water partition coefficient (Wildman–Crippen LogP) is 5.91. The molecule has 35 heavy (non-hydrogen) atoms. The van der Waals surface area contributed by atoms with Gasteiger partial charge in [-0.1, -0.05) is 12.1 Å². The van der Waals surface area contributed by atoms with Crippen LogP contribution in [0.1, 0.15) is 30.0 Å². The lowest BCUT2D eigenvalue weighted by Gasteiger charge is -2.11. The molecular weight excluding hydrogens is 449 g/mol. The number of nitrogens with one attached hydrogen (secondary N) is 1. The van der Waals surface area contributed by atoms with Crippen LogP contribution in [-0.4, -0.2) is 32.3 Å². The van der Waals surface area contributed by atoms with E-state index >= 15 is 0 Å². The monoisotopic (exact) mass is 475 g/mol. The van der Waals surface area contributed by atoms with Crippen LogP contribution in [0.5, 0.6) is 23.0 Å². The Hall–Kier alpha value is -4.26. The van der Waals surface area contributed by atoms with Crippen molar-refractivity contribution in [1.29, 1.82) is 0 Å². The van der Waals surface area contributed by atoms with Crippen molar-refractivity contribution in [3.63, 3.8) is 0 Å². The number of rotatable bonds is 7. The summed E-state index contributed by atoms with van der Waals surface area (Å²) < 4.78 is 30.0. The second-order valence-electron chi connectivity index (χ2n) is 8.08. The molecule has 7 heteroatoms. The van der Waals surface area contributed by atoms with Crippen LogP contribution in [0.25, 0.3) is 17.2 Å². The number of carbonyl (C=O) groups is 1. The molecule has 0 spiro atoms. The first kappa shape index (κ1) is 23.9. The van der Waals surface area contributed by atoms with Crippen molar-refractivity contribution in [2.75, 3.05) is 26.6 Å². The topological polar surface area (TPSA) is 77.0 Å². The minimum atomic E-state index is -0.378. The van der Waals surface area contributed by atoms with Crippen molar-refractivity contribution >= 4 is 28.8 Å². The van der Waals surface area contributed by atoms with Gasteiger partial charge >= 0.3 is 0 Å². The summed E-state index contributed by atoms with van der Waals surface area (Å²) in [5.74, 6) is 0.485. The first-order valence-corrected chi connectivity index (χ1v) is 11.0. The van der Waals surface area contributed by atoms with Crippen molar-refractivity contribution in [3.05, 3.63) is 82.7 Å². The first-order chi connectivity index (χ1) is 16.8. The van der Waals surface area contributed by atoms with Gasteiger partial charge in [0.15, 0.2) is 11.5 Å². The average molecular weight is 476 g/mol. The number of benzene rings is 3. The van der Waals surface area contributed by atoms with E-state index in [4.69, 9.17) is 14.2 Å². The van der Waals surface area contributed by atoms with Crippen molar-refractivity contribution in [3.8, 4) is 23.0 Å². The van der Waals surface area contributed by atoms with Gasteiger partial charge in [-0.3, -0.25) is 4.79 Å². The number of methoxy groups -OCH3 is 3. The lowest BCUT2D eigenvalue weighted by atomic mass is 10.00. The Morgan fingerprint density at radius 2 is 1.69 bits per heavy atom. The number of hydrogen-bond donors (Lipinski definition) is 2. The Kier molecular flexibility index (Phi) is 6.78. The molecule has 0 aromatic heterocycles. The van der Waals surface area contributed by atoms with Crippen LogP contribution in [0.3, 0.4) is 0 Å². The van der Waals surface area contributed by atoms with E-state index in [9.17, 15) is 14.3 Å². The van der Waals surface area contributed by atoms with Gasteiger partial charge in [0, 0.05) is 11.8 Å². The zero-order valence-corrected chi connectivity index (χ0v) is 19.9. The second kappa shape index (κ2) is 9.93. The third kappa shape index (κ3) is 4.84. The zero-order valence-electron chi connectivity index (χ0n) is 19.9. The number of carbonyl (C=O) groups excluding carboxylic acids is 1. The number of allylic oxidation sites excluding steroid dienone is 2. The van der Waals surface area contributed by atoms with Gasteiger partial charge in [0.1, 0.15) is 11.6 Å². The third-order valence-corrected chi connectivity index (χ3v) is 5.96. The summed E-state index contributed by atoms with van der Waals surface area (Å²) in [4.78, 5) is 12.9. The normalized spacial score (nSPS) is 13.6. The minimum Gasteiger partial charge on any atom is -0.502 e. The molecule has 3 aromatic carbocycles. The van der Waals surface area contributed by atoms with Crippen LogP contribution in [0, 0.1) is 5.82 Å². The van der Waals surface area contributed by atoms with E-state index < -0.39 is 0 Å². The van der Waals surface area contributed by atoms with Gasteiger partial charge in [0.05, 0.1) is 27.8 Å². The average Bonchev–Trinajstić information content (AvgIpc) is 3.09. The summed E-state index contributed by atoms with van der Waals surface area (Å²) in [5, 5.41) is 13.1. The molecule has 0 unspecified atom stereocenters. The maximum absolute atomic E-state index is 14.2. The van der Waals surface area contributed by atoms with Gasteiger partial charge in [-0.05, 0) is 82.8 Å². The van der Waals surface area contributed by atoms with E-state index in [0.29, 0.717) is 17.0 Å². The van der Waals surface area contributed by atoms with Gasteiger partial charge in [-0.15, -0.1) is 0 Å². The Bertz CT molecular complexity index is 1330. The molecule has 2 N–H and O–H groups in total. The Morgan fingerprint density at radius 1 is 0.971 bits per heavy atom. The summed E-state index contributed by atoms with van der Waals surface area (Å²) in [5.41, 5.74) is 5.28. The summed E-state index contributed by atoms with van der Waals surface area (Å²) in [6.07, 6.45) is 1.97. The Morgan fingerprint density at radius 3 is 2.34 bits per heavy atom. The highest BCUT2D eigenvalue weighted by molar-refractivity contribution is 6.10. The standard InChI is InChI=1S/C28H26FNO5/c1-16-22(10-17-11-25(34-3)28(32)26(12-17)35-4)21-9-8-18(29)13-24(21)23(16)15-27(31)30-19-6-5-7-20(14-19)33-2/h5-14,32H,15H2,1-4H3,(H,30,31). The smallest absolute Gasteiger partial charge is 0.228 e. The summed E-state index contributed by atoms with van der Waals surface area (Å²) >= 11 is 0. The lowest BCUT2D eigenvalue weighted by Crippen LogP contribution is -2.12. The molecule has 0 saturated carbocycles. The number of phenols is 1. The SMILES string of the molecule is COc1cccc(NC(=O)CC2=C(C)C(=Cc3cc(OC)c(O)c(OC)c3)c3ccc(F)cc32)c1. The van der Waals surface area contributed by atoms with Crippen molar-refractivity contribution < 1.29 is 28.5 Å². The van der Waals surface area contributed by atoms with E-state index in [1.807, 2.05) is 13.0 Å². The molecule has 1 aliphatic rings. The fourth-order valence-corrected chi connectivity index (χ4v) is 4.21. The molecule has 0 heterocycles. The van der Waals surface area contributed by atoms with Gasteiger partial charge < -0.3 is 24.6 Å². The maximum Gasteiger partial charge on any atom is 0.228 e. The fourth-order valence-electron chi connectivity index (χ4n) is 4.21. The number of anilines is 1. The van der Waals surface area contributed by atoms with Crippen molar-refractivity contribution in [1.82, 2.24) is 0 Å². The second-order valence-corrected chi connectivity index (χ2v) is 8.08. The molecular formula is C28H26FNO5. The zero-order chi connectivity index (χ0) is 25.1. The van der Waals surface area contributed by atoms with Crippen LogP contribution in [0.2, 0.25) is 0 Å². The molecule has 6 nitrogen and oxygen atoms in total. The summed E-state index contributed by atoms with van der Waals surface area (Å²) in [6, 6.07) is 15.0. The van der Waals surface area contributed by atoms with E-state index in [2.05, 4.69) is 5.32 Å². The largest absolute Gasteiger partial charge is 0.502 e. The molecule has 0 fully saturated rings. The summed E-state index contributed by atoms with van der Waals surface area (Å²) in [6.45, 7) is 1.91. The molecule has 0 aliphatic heterocycles. The highest BCUT2D eigenvalue weighted by Gasteiger charge is 2.26. The fraction of sp³-hybridized carbons (Fsp3) is 0.179. The molecule has 3 aromatic rings. The first-order valence-electron chi connectivity index (χ1n) is 11.0. The van der Waals surface area contributed by atoms with Gasteiger partial charge in [0.25, 0.3) is 0 Å². The molecule has 0 radical (unpaired) electrons. The molecule has 0 atom stereocenters. The number of aromatic hydroxyl groups is 1. The van der Waals surface area contributed by atoms with Gasteiger partial charge in [-0.25, -0.2) is 4.39 Å². The van der Waals surface area contributed by atoms with Crippen molar-refractivity contribution in [2.24, 2.45) is 0 Å². The van der Waals surface area contributed by atoms with Crippen LogP contribution < -0.4 is 19.5 Å². The highest BCUT2D eigenvalue weighted by Crippen LogP contribution is 2.45. The number of amides is 1. The molecule has 0 bridgehead atoms. The Balaban J connectivity index is 1.72. The van der Waals surface area contributed by atoms with E-state index in [1.54, 1.807) is 49.6 Å². The van der Waals surface area contributed by atoms with Gasteiger partial charge in [0.2, 0.25) is 11.7 Å². The molecule has 0 saturated heterocycles. The predicted molar refractivity (Wildman–Crippen MR) is 134 cm³/mol. The minimum absolute atomic E-state index is 0.0685. The van der Waals surface area contributed by atoms with Crippen LogP contribution in [0.4, 0.5) is 10.1 Å². The number of hydrogen-bond acceptors (Lipinski definition) is 5. The number of fused-ring (bicyclic) bond motifs is 1. The van der Waals surface area contributed by atoms with Crippen molar-refractivity contribution in [2.45, 2.75) is 13.3 Å². The highest BCUT2D eigenvalue weighted by atomic mass is 19.1. The van der Waals surface area contributed by atoms with Crippen LogP contribution in [-0.2, 0) is 4.79 Å². The number of halogens is 1.